The summed E-state index contributed by atoms with van der Waals surface area (Å²) < 4.78 is 4.69. The lowest BCUT2D eigenvalue weighted by atomic mass is 10.1. The molecule has 0 atom stereocenters. The van der Waals surface area contributed by atoms with Gasteiger partial charge in [-0.25, -0.2) is 9.78 Å². The first-order valence-corrected chi connectivity index (χ1v) is 11.4. The van der Waals surface area contributed by atoms with Crippen molar-refractivity contribution < 1.29 is 9.90 Å². The van der Waals surface area contributed by atoms with E-state index in [-0.39, 0.29) is 5.56 Å². The summed E-state index contributed by atoms with van der Waals surface area (Å²) in [4.78, 5) is 16.4. The van der Waals surface area contributed by atoms with Gasteiger partial charge >= 0.3 is 5.97 Å². The first-order chi connectivity index (χ1) is 15.6. The van der Waals surface area contributed by atoms with Crippen LogP contribution in [-0.2, 0) is 13.1 Å². The minimum atomic E-state index is -0.921. The van der Waals surface area contributed by atoms with E-state index < -0.39 is 5.97 Å². The standard InChI is InChI=1S/C27H25N3O2/c1-2-13-29-23-6-4-3-5-20(23)21-14-18(9-11-24(21)29)26-28-22-15-19(27(31)32)10-12-25(22)30(26)16-17-7-8-17/h3-6,9-12,14-15,17H,2,7-8,13,16H2,1H3,(H,31,32). The van der Waals surface area contributed by atoms with Gasteiger partial charge in [-0.15, -0.1) is 0 Å². The molecule has 1 aliphatic carbocycles. The maximum absolute atomic E-state index is 11.5. The molecule has 0 bridgehead atoms. The van der Waals surface area contributed by atoms with Gasteiger partial charge in [-0.3, -0.25) is 0 Å². The molecule has 0 saturated heterocycles. The third-order valence-electron chi connectivity index (χ3n) is 6.61. The number of carboxylic acids is 1. The van der Waals surface area contributed by atoms with E-state index in [1.54, 1.807) is 12.1 Å². The van der Waals surface area contributed by atoms with Crippen LogP contribution < -0.4 is 0 Å². The lowest BCUT2D eigenvalue weighted by Gasteiger charge is -2.10. The summed E-state index contributed by atoms with van der Waals surface area (Å²) in [6.07, 6.45) is 3.57. The molecule has 2 aromatic heterocycles. The van der Waals surface area contributed by atoms with E-state index in [4.69, 9.17) is 4.98 Å². The van der Waals surface area contributed by atoms with E-state index in [0.717, 1.165) is 41.9 Å². The molecule has 5 heteroatoms. The SMILES string of the molecule is CCCn1c2ccccc2c2cc(-c3nc4cc(C(=O)O)ccc4n3CC3CC3)ccc21. The van der Waals surface area contributed by atoms with Gasteiger partial charge in [-0.2, -0.15) is 0 Å². The zero-order valence-corrected chi connectivity index (χ0v) is 18.1. The fourth-order valence-electron chi connectivity index (χ4n) is 4.88. The Morgan fingerprint density at radius 1 is 0.969 bits per heavy atom. The van der Waals surface area contributed by atoms with Crippen LogP contribution in [-0.4, -0.2) is 25.2 Å². The van der Waals surface area contributed by atoms with Crippen LogP contribution in [0.4, 0.5) is 0 Å². The third-order valence-corrected chi connectivity index (χ3v) is 6.61. The smallest absolute Gasteiger partial charge is 0.335 e. The Morgan fingerprint density at radius 3 is 2.53 bits per heavy atom. The van der Waals surface area contributed by atoms with Gasteiger partial charge in [0.2, 0.25) is 0 Å². The van der Waals surface area contributed by atoms with Crippen molar-refractivity contribution in [2.24, 2.45) is 5.92 Å². The van der Waals surface area contributed by atoms with Crippen LogP contribution in [0.2, 0.25) is 0 Å². The zero-order valence-electron chi connectivity index (χ0n) is 18.1. The first kappa shape index (κ1) is 19.1. The lowest BCUT2D eigenvalue weighted by Crippen LogP contribution is -2.02. The summed E-state index contributed by atoms with van der Waals surface area (Å²) in [6.45, 7) is 4.12. The van der Waals surface area contributed by atoms with Gasteiger partial charge in [0.15, 0.2) is 0 Å². The highest BCUT2D eigenvalue weighted by molar-refractivity contribution is 6.09. The Balaban J connectivity index is 1.58. The summed E-state index contributed by atoms with van der Waals surface area (Å²) in [5.41, 5.74) is 5.61. The van der Waals surface area contributed by atoms with Crippen molar-refractivity contribution in [1.82, 2.24) is 14.1 Å². The number of carbonyl (C=O) groups is 1. The normalized spacial score (nSPS) is 14.0. The molecule has 5 nitrogen and oxygen atoms in total. The Hall–Kier alpha value is -3.60. The molecule has 6 rings (SSSR count). The molecule has 5 aromatic rings. The molecule has 1 saturated carbocycles. The van der Waals surface area contributed by atoms with Gasteiger partial charge in [-0.05, 0) is 67.6 Å². The molecule has 0 spiro atoms. The van der Waals surface area contributed by atoms with E-state index in [2.05, 4.69) is 58.5 Å². The molecule has 0 unspecified atom stereocenters. The summed E-state index contributed by atoms with van der Waals surface area (Å²) in [6, 6.07) is 20.5. The number of para-hydroxylation sites is 1. The number of aryl methyl sites for hydroxylation is 1. The van der Waals surface area contributed by atoms with Gasteiger partial charge in [0, 0.05) is 40.5 Å². The van der Waals surface area contributed by atoms with Crippen LogP contribution in [0.5, 0.6) is 0 Å². The topological polar surface area (TPSA) is 60.1 Å². The van der Waals surface area contributed by atoms with Crippen LogP contribution in [0.1, 0.15) is 36.5 Å². The molecule has 160 valence electrons. The van der Waals surface area contributed by atoms with Crippen molar-refractivity contribution >= 4 is 38.8 Å². The van der Waals surface area contributed by atoms with Crippen molar-refractivity contribution in [1.29, 1.82) is 0 Å². The second kappa shape index (κ2) is 7.23. The van der Waals surface area contributed by atoms with Crippen molar-refractivity contribution in [3.63, 3.8) is 0 Å². The number of fused-ring (bicyclic) bond motifs is 4. The van der Waals surface area contributed by atoms with Crippen LogP contribution in [0.25, 0.3) is 44.2 Å². The monoisotopic (exact) mass is 423 g/mol. The number of hydrogen-bond donors (Lipinski definition) is 1. The zero-order chi connectivity index (χ0) is 21.8. The average molecular weight is 424 g/mol. The molecule has 1 aliphatic rings. The summed E-state index contributed by atoms with van der Waals surface area (Å²) >= 11 is 0. The number of aromatic nitrogens is 3. The second-order valence-corrected chi connectivity index (χ2v) is 8.90. The largest absolute Gasteiger partial charge is 0.478 e. The highest BCUT2D eigenvalue weighted by Gasteiger charge is 2.25. The Labute approximate surface area is 185 Å². The predicted octanol–water partition coefficient (Wildman–Crippen LogP) is 6.33. The number of benzene rings is 3. The van der Waals surface area contributed by atoms with Crippen LogP contribution in [0.15, 0.2) is 60.7 Å². The number of rotatable bonds is 6. The summed E-state index contributed by atoms with van der Waals surface area (Å²) in [5.74, 6) is 0.680. The van der Waals surface area contributed by atoms with Gasteiger partial charge in [0.05, 0.1) is 16.6 Å². The molecule has 1 N–H and O–H groups in total. The molecule has 1 fully saturated rings. The molecular formula is C27H25N3O2. The fraction of sp³-hybridized carbons (Fsp3) is 0.259. The minimum Gasteiger partial charge on any atom is -0.478 e. The Kier molecular flexibility index (Phi) is 4.32. The maximum atomic E-state index is 11.5. The molecule has 0 aliphatic heterocycles. The molecule has 32 heavy (non-hydrogen) atoms. The van der Waals surface area contributed by atoms with Crippen LogP contribution in [0, 0.1) is 5.92 Å². The van der Waals surface area contributed by atoms with Gasteiger partial charge in [0.25, 0.3) is 0 Å². The third kappa shape index (κ3) is 3.00. The lowest BCUT2D eigenvalue weighted by molar-refractivity contribution is 0.0697. The van der Waals surface area contributed by atoms with Crippen molar-refractivity contribution in [3.8, 4) is 11.4 Å². The van der Waals surface area contributed by atoms with Crippen molar-refractivity contribution in [3.05, 3.63) is 66.2 Å². The Bertz CT molecular complexity index is 1500. The van der Waals surface area contributed by atoms with E-state index in [9.17, 15) is 9.90 Å². The molecule has 0 radical (unpaired) electrons. The van der Waals surface area contributed by atoms with Gasteiger partial charge < -0.3 is 14.2 Å². The summed E-state index contributed by atoms with van der Waals surface area (Å²) in [7, 11) is 0. The number of hydrogen-bond acceptors (Lipinski definition) is 2. The van der Waals surface area contributed by atoms with E-state index in [0.29, 0.717) is 5.92 Å². The number of nitrogens with zero attached hydrogens (tertiary/aromatic N) is 3. The quantitative estimate of drug-likeness (QED) is 0.347. The maximum Gasteiger partial charge on any atom is 0.335 e. The summed E-state index contributed by atoms with van der Waals surface area (Å²) in [5, 5.41) is 11.9. The molecular weight excluding hydrogens is 398 g/mol. The van der Waals surface area contributed by atoms with Crippen molar-refractivity contribution in [2.45, 2.75) is 39.3 Å². The highest BCUT2D eigenvalue weighted by atomic mass is 16.4. The second-order valence-electron chi connectivity index (χ2n) is 8.90. The van der Waals surface area contributed by atoms with E-state index >= 15 is 0 Å². The average Bonchev–Trinajstić information content (AvgIpc) is 3.49. The van der Waals surface area contributed by atoms with E-state index in [1.165, 1.54) is 34.6 Å². The van der Waals surface area contributed by atoms with E-state index in [1.807, 2.05) is 6.07 Å². The minimum absolute atomic E-state index is 0.276. The van der Waals surface area contributed by atoms with Crippen molar-refractivity contribution in [2.75, 3.05) is 0 Å². The highest BCUT2D eigenvalue weighted by Crippen LogP contribution is 2.37. The van der Waals surface area contributed by atoms with Crippen LogP contribution >= 0.6 is 0 Å². The predicted molar refractivity (Wildman–Crippen MR) is 128 cm³/mol. The molecule has 3 aromatic carbocycles. The number of imidazole rings is 1. The first-order valence-electron chi connectivity index (χ1n) is 11.4. The van der Waals surface area contributed by atoms with Crippen LogP contribution in [0.3, 0.4) is 0 Å². The van der Waals surface area contributed by atoms with Gasteiger partial charge in [-0.1, -0.05) is 25.1 Å². The molecule has 2 heterocycles. The number of carboxylic acid groups (broad SMARTS) is 1. The Morgan fingerprint density at radius 2 is 1.75 bits per heavy atom. The molecule has 0 amide bonds. The number of aromatic carboxylic acids is 1. The fourth-order valence-corrected chi connectivity index (χ4v) is 4.88. The van der Waals surface area contributed by atoms with Gasteiger partial charge in [0.1, 0.15) is 5.82 Å².